The molecule has 2 fully saturated rings. The van der Waals surface area contributed by atoms with Crippen LogP contribution in [0.1, 0.15) is 66.5 Å². The molecular weight excluding hydrogens is 472 g/mol. The van der Waals surface area contributed by atoms with Crippen molar-refractivity contribution in [3.8, 4) is 0 Å². The van der Waals surface area contributed by atoms with E-state index < -0.39 is 35.7 Å². The molecule has 2 aromatic rings. The van der Waals surface area contributed by atoms with Crippen molar-refractivity contribution in [1.29, 1.82) is 0 Å². The fraction of sp³-hybridized carbons (Fsp3) is 0.500. The predicted octanol–water partition coefficient (Wildman–Crippen LogP) is 6.90. The highest BCUT2D eigenvalue weighted by molar-refractivity contribution is 5.78. The standard InChI is InChI=1S/C26H27F6NO2/c1-14-4-6-17(7-5-14)24-21-8-15(2)9-23(34)33(21)13-22(24)35-16(3)18-10-19(25(27,28)29)12-20(11-18)26(30,31)32/h4-7,10-12,15-16,21-22,24H,8-9,13H2,1-3H3/t15?,16-,21?,22+,24?/m1/s1. The van der Waals surface area contributed by atoms with Crippen molar-refractivity contribution in [2.75, 3.05) is 6.54 Å². The molecule has 2 heterocycles. The second kappa shape index (κ2) is 9.15. The zero-order valence-corrected chi connectivity index (χ0v) is 19.6. The molecule has 3 nitrogen and oxygen atoms in total. The van der Waals surface area contributed by atoms with E-state index in [2.05, 4.69) is 0 Å². The third-order valence-electron chi connectivity index (χ3n) is 7.00. The highest BCUT2D eigenvalue weighted by Crippen LogP contribution is 2.44. The molecule has 0 radical (unpaired) electrons. The fourth-order valence-electron chi connectivity index (χ4n) is 5.26. The van der Waals surface area contributed by atoms with Gasteiger partial charge in [-0.1, -0.05) is 36.8 Å². The molecule has 1 amide bonds. The van der Waals surface area contributed by atoms with Crippen LogP contribution in [0.15, 0.2) is 42.5 Å². The minimum absolute atomic E-state index is 0.0111. The molecular formula is C26H27F6NO2. The van der Waals surface area contributed by atoms with E-state index in [4.69, 9.17) is 4.74 Å². The molecule has 0 saturated carbocycles. The number of alkyl halides is 6. The molecule has 0 N–H and O–H groups in total. The summed E-state index contributed by atoms with van der Waals surface area (Å²) in [6.07, 6.45) is -10.3. The Morgan fingerprint density at radius 1 is 0.971 bits per heavy atom. The van der Waals surface area contributed by atoms with E-state index in [0.29, 0.717) is 18.6 Å². The summed E-state index contributed by atoms with van der Waals surface area (Å²) in [5.41, 5.74) is -0.978. The first-order valence-electron chi connectivity index (χ1n) is 11.5. The van der Waals surface area contributed by atoms with Crippen LogP contribution in [0.4, 0.5) is 26.3 Å². The predicted molar refractivity (Wildman–Crippen MR) is 118 cm³/mol. The molecule has 3 unspecified atom stereocenters. The first kappa shape index (κ1) is 25.5. The normalized spacial score (nSPS) is 26.1. The van der Waals surface area contributed by atoms with Gasteiger partial charge in [-0.3, -0.25) is 4.79 Å². The number of nitrogens with zero attached hydrogens (tertiary/aromatic N) is 1. The van der Waals surface area contributed by atoms with Crippen LogP contribution >= 0.6 is 0 Å². The first-order valence-corrected chi connectivity index (χ1v) is 11.5. The Bertz CT molecular complexity index is 1050. The van der Waals surface area contributed by atoms with Crippen LogP contribution in [-0.4, -0.2) is 29.5 Å². The lowest BCUT2D eigenvalue weighted by molar-refractivity contribution is -0.143. The number of carbonyl (C=O) groups is 1. The second-order valence-corrected chi connectivity index (χ2v) is 9.75. The molecule has 2 aliphatic heterocycles. The lowest BCUT2D eigenvalue weighted by atomic mass is 9.82. The van der Waals surface area contributed by atoms with Crippen molar-refractivity contribution in [2.24, 2.45) is 5.92 Å². The monoisotopic (exact) mass is 499 g/mol. The van der Waals surface area contributed by atoms with Crippen molar-refractivity contribution >= 4 is 5.91 Å². The van der Waals surface area contributed by atoms with Gasteiger partial charge < -0.3 is 9.64 Å². The number of hydrogen-bond acceptors (Lipinski definition) is 2. The summed E-state index contributed by atoms with van der Waals surface area (Å²) < 4.78 is 86.3. The Hall–Kier alpha value is -2.55. The molecule has 5 atom stereocenters. The van der Waals surface area contributed by atoms with Crippen LogP contribution in [0.3, 0.4) is 0 Å². The van der Waals surface area contributed by atoms with E-state index in [1.54, 1.807) is 4.90 Å². The number of hydrogen-bond donors (Lipinski definition) is 0. The highest BCUT2D eigenvalue weighted by atomic mass is 19.4. The van der Waals surface area contributed by atoms with Gasteiger partial charge in [0.1, 0.15) is 0 Å². The third kappa shape index (κ3) is 5.34. The van der Waals surface area contributed by atoms with Gasteiger partial charge in [-0.05, 0) is 55.5 Å². The molecule has 190 valence electrons. The van der Waals surface area contributed by atoms with Crippen molar-refractivity contribution in [1.82, 2.24) is 4.90 Å². The average Bonchev–Trinajstić information content (AvgIpc) is 3.11. The fourth-order valence-corrected chi connectivity index (χ4v) is 5.26. The van der Waals surface area contributed by atoms with E-state index in [0.717, 1.165) is 17.5 Å². The summed E-state index contributed by atoms with van der Waals surface area (Å²) in [4.78, 5) is 14.5. The molecule has 0 aliphatic carbocycles. The van der Waals surface area contributed by atoms with Gasteiger partial charge in [-0.15, -0.1) is 0 Å². The third-order valence-corrected chi connectivity index (χ3v) is 7.00. The van der Waals surface area contributed by atoms with E-state index in [-0.39, 0.29) is 42.0 Å². The van der Waals surface area contributed by atoms with Gasteiger partial charge in [-0.25, -0.2) is 0 Å². The molecule has 4 rings (SSSR count). The van der Waals surface area contributed by atoms with E-state index >= 15 is 0 Å². The van der Waals surface area contributed by atoms with Crippen molar-refractivity contribution in [2.45, 2.75) is 70.1 Å². The Morgan fingerprint density at radius 3 is 2.09 bits per heavy atom. The van der Waals surface area contributed by atoms with E-state index in [9.17, 15) is 31.1 Å². The zero-order chi connectivity index (χ0) is 25.7. The van der Waals surface area contributed by atoms with Crippen molar-refractivity contribution < 1.29 is 35.9 Å². The minimum atomic E-state index is -4.93. The molecule has 0 aromatic heterocycles. The summed E-state index contributed by atoms with van der Waals surface area (Å²) in [5.74, 6) is -0.0774. The van der Waals surface area contributed by atoms with Crippen LogP contribution < -0.4 is 0 Å². The quantitative estimate of drug-likeness (QED) is 0.428. The van der Waals surface area contributed by atoms with Crippen LogP contribution in [-0.2, 0) is 21.9 Å². The molecule has 0 bridgehead atoms. The zero-order valence-electron chi connectivity index (χ0n) is 19.6. The van der Waals surface area contributed by atoms with Gasteiger partial charge in [0, 0.05) is 24.9 Å². The van der Waals surface area contributed by atoms with Gasteiger partial charge >= 0.3 is 12.4 Å². The van der Waals surface area contributed by atoms with Crippen LogP contribution in [0, 0.1) is 12.8 Å². The maximum Gasteiger partial charge on any atom is 0.416 e. The van der Waals surface area contributed by atoms with Crippen LogP contribution in [0.2, 0.25) is 0 Å². The Labute approximate surface area is 200 Å². The Morgan fingerprint density at radius 2 is 1.54 bits per heavy atom. The number of ether oxygens (including phenoxy) is 1. The van der Waals surface area contributed by atoms with Crippen molar-refractivity contribution in [3.63, 3.8) is 0 Å². The largest absolute Gasteiger partial charge is 0.416 e. The highest BCUT2D eigenvalue weighted by Gasteiger charge is 2.48. The van der Waals surface area contributed by atoms with E-state index in [1.165, 1.54) is 6.92 Å². The summed E-state index contributed by atoms with van der Waals surface area (Å²) in [5, 5.41) is 0. The number of amides is 1. The van der Waals surface area contributed by atoms with Gasteiger partial charge in [0.15, 0.2) is 0 Å². The van der Waals surface area contributed by atoms with Gasteiger partial charge in [0.25, 0.3) is 0 Å². The summed E-state index contributed by atoms with van der Waals surface area (Å²) >= 11 is 0. The smallest absolute Gasteiger partial charge is 0.368 e. The Kier molecular flexibility index (Phi) is 6.68. The van der Waals surface area contributed by atoms with Crippen LogP contribution in [0.5, 0.6) is 0 Å². The number of piperidine rings is 1. The summed E-state index contributed by atoms with van der Waals surface area (Å²) in [7, 11) is 0. The minimum Gasteiger partial charge on any atom is -0.368 e. The number of rotatable bonds is 4. The molecule has 2 aliphatic rings. The molecule has 9 heteroatoms. The maximum absolute atomic E-state index is 13.3. The number of halogens is 6. The Balaban J connectivity index is 1.68. The van der Waals surface area contributed by atoms with E-state index in [1.807, 2.05) is 38.1 Å². The first-order chi connectivity index (χ1) is 16.2. The number of benzene rings is 2. The van der Waals surface area contributed by atoms with Gasteiger partial charge in [0.05, 0.1) is 23.3 Å². The topological polar surface area (TPSA) is 29.5 Å². The van der Waals surface area contributed by atoms with Gasteiger partial charge in [0.2, 0.25) is 5.91 Å². The lowest BCUT2D eigenvalue weighted by Crippen LogP contribution is -2.43. The average molecular weight is 499 g/mol. The lowest BCUT2D eigenvalue weighted by Gasteiger charge is -2.35. The SMILES string of the molecule is Cc1ccc(C2C3CC(C)CC(=O)N3C[C@@H]2O[C@H](C)c2cc(C(F)(F)F)cc(C(F)(F)F)c2)cc1. The molecule has 2 saturated heterocycles. The number of carbonyl (C=O) groups excluding carboxylic acids is 1. The molecule has 0 spiro atoms. The maximum atomic E-state index is 13.3. The summed E-state index contributed by atoms with van der Waals surface area (Å²) in [6.45, 7) is 5.63. The van der Waals surface area contributed by atoms with Crippen LogP contribution in [0.25, 0.3) is 0 Å². The second-order valence-electron chi connectivity index (χ2n) is 9.75. The number of fused-ring (bicyclic) bond motifs is 1. The molecule has 35 heavy (non-hydrogen) atoms. The number of aryl methyl sites for hydroxylation is 1. The van der Waals surface area contributed by atoms with Gasteiger partial charge in [-0.2, -0.15) is 26.3 Å². The molecule has 2 aromatic carbocycles. The summed E-state index contributed by atoms with van der Waals surface area (Å²) in [6, 6.07) is 9.15. The van der Waals surface area contributed by atoms with Crippen molar-refractivity contribution in [3.05, 3.63) is 70.3 Å².